The minimum Gasteiger partial charge on any atom is -0.466 e. The van der Waals surface area contributed by atoms with Crippen LogP contribution in [-0.2, 0) is 19.1 Å². The summed E-state index contributed by atoms with van der Waals surface area (Å²) in [7, 11) is 0. The van der Waals surface area contributed by atoms with Gasteiger partial charge in [0.1, 0.15) is 6.04 Å². The van der Waals surface area contributed by atoms with E-state index in [-0.39, 0.29) is 40.5 Å². The molecule has 204 valence electrons. The molecule has 7 nitrogen and oxygen atoms in total. The van der Waals surface area contributed by atoms with Crippen molar-refractivity contribution in [3.05, 3.63) is 35.9 Å². The summed E-state index contributed by atoms with van der Waals surface area (Å²) >= 11 is 5.34. The Morgan fingerprint density at radius 2 is 1.89 bits per heavy atom. The lowest BCUT2D eigenvalue weighted by molar-refractivity contribution is -0.154. The molecule has 3 heterocycles. The number of hydrogen-bond acceptors (Lipinski definition) is 6. The molecule has 9 heteroatoms. The number of carbonyl (C=O) groups is 3. The molecule has 3 fully saturated rings. The molecule has 1 aromatic rings. The number of nitrogens with zero attached hydrogens (tertiary/aromatic N) is 1. The van der Waals surface area contributed by atoms with Gasteiger partial charge in [0.2, 0.25) is 11.8 Å². The van der Waals surface area contributed by atoms with Crippen LogP contribution in [-0.4, -0.2) is 67.4 Å². The van der Waals surface area contributed by atoms with Gasteiger partial charge in [0.15, 0.2) is 0 Å². The molecule has 2 amide bonds. The van der Waals surface area contributed by atoms with Crippen LogP contribution in [0, 0.1) is 17.3 Å². The number of ether oxygens (including phenoxy) is 1. The molecule has 1 aromatic carbocycles. The van der Waals surface area contributed by atoms with Crippen molar-refractivity contribution >= 4 is 45.5 Å². The van der Waals surface area contributed by atoms with Crippen molar-refractivity contribution in [2.45, 2.75) is 86.8 Å². The van der Waals surface area contributed by atoms with Crippen molar-refractivity contribution in [3.63, 3.8) is 0 Å². The summed E-state index contributed by atoms with van der Waals surface area (Å²) in [6.45, 7) is 12.0. The lowest BCUT2D eigenvalue weighted by Gasteiger charge is -2.40. The molecular formula is C28H39BrN2O5S. The van der Waals surface area contributed by atoms with Gasteiger partial charge in [0.25, 0.3) is 0 Å². The number of hydrogen-bond donors (Lipinski definition) is 2. The summed E-state index contributed by atoms with van der Waals surface area (Å²) in [6, 6.07) is 7.77. The van der Waals surface area contributed by atoms with Crippen molar-refractivity contribution in [2.24, 2.45) is 17.3 Å². The quantitative estimate of drug-likeness (QED) is 0.348. The number of benzene rings is 1. The van der Waals surface area contributed by atoms with Crippen LogP contribution in [0.15, 0.2) is 30.3 Å². The molecule has 0 radical (unpaired) electrons. The highest BCUT2D eigenvalue weighted by Gasteiger charge is 2.76. The van der Waals surface area contributed by atoms with Crippen molar-refractivity contribution < 1.29 is 24.2 Å². The molecule has 3 unspecified atom stereocenters. The van der Waals surface area contributed by atoms with Gasteiger partial charge in [0.05, 0.1) is 35.8 Å². The molecule has 3 saturated heterocycles. The third-order valence-electron chi connectivity index (χ3n) is 7.66. The van der Waals surface area contributed by atoms with E-state index in [2.05, 4.69) is 42.0 Å². The number of aliphatic hydroxyl groups is 1. The highest BCUT2D eigenvalue weighted by atomic mass is 79.9. The first-order valence-electron chi connectivity index (χ1n) is 13.0. The van der Waals surface area contributed by atoms with Crippen LogP contribution in [0.1, 0.15) is 66.0 Å². The standard InChI is InChI=1S/C28H39BrN2O5S/c1-7-36-25(35)19-20-24(34)31(18(14-32)16-11-9-8-10-12-16)22(28(20)13-17(29)21(19)37-28)23(33)30-27(5,6)15-26(2,3)4/h8-12,17-22,32H,7,13-15H2,1-6H3,(H,30,33)/t17?,18-,19-,20+,21-,22?,28?/m1/s1. The van der Waals surface area contributed by atoms with Crippen molar-refractivity contribution in [1.29, 1.82) is 0 Å². The zero-order chi connectivity index (χ0) is 27.3. The fraction of sp³-hybridized carbons (Fsp3) is 0.679. The zero-order valence-electron chi connectivity index (χ0n) is 22.5. The van der Waals surface area contributed by atoms with E-state index in [9.17, 15) is 19.5 Å². The van der Waals surface area contributed by atoms with E-state index < -0.39 is 40.2 Å². The number of alkyl halides is 1. The van der Waals surface area contributed by atoms with E-state index in [1.54, 1.807) is 23.6 Å². The fourth-order valence-electron chi connectivity index (χ4n) is 7.01. The lowest BCUT2D eigenvalue weighted by atomic mass is 9.71. The Hall–Kier alpha value is -1.58. The maximum Gasteiger partial charge on any atom is 0.310 e. The van der Waals surface area contributed by atoms with Gasteiger partial charge in [-0.25, -0.2) is 0 Å². The largest absolute Gasteiger partial charge is 0.466 e. The van der Waals surface area contributed by atoms with Crippen molar-refractivity contribution in [3.8, 4) is 0 Å². The number of thioether (sulfide) groups is 1. The molecule has 37 heavy (non-hydrogen) atoms. The van der Waals surface area contributed by atoms with Gasteiger partial charge in [-0.05, 0) is 44.6 Å². The number of rotatable bonds is 8. The zero-order valence-corrected chi connectivity index (χ0v) is 24.9. The number of likely N-dealkylation sites (tertiary alicyclic amines) is 1. The fourth-order valence-corrected chi connectivity index (χ4v) is 10.6. The predicted octanol–water partition coefficient (Wildman–Crippen LogP) is 4.08. The van der Waals surface area contributed by atoms with Crippen LogP contribution < -0.4 is 5.32 Å². The molecule has 4 rings (SSSR count). The number of esters is 1. The van der Waals surface area contributed by atoms with Gasteiger partial charge >= 0.3 is 5.97 Å². The molecule has 3 aliphatic heterocycles. The molecule has 2 N–H and O–H groups in total. The third-order valence-corrected chi connectivity index (χ3v) is 10.9. The summed E-state index contributed by atoms with van der Waals surface area (Å²) in [4.78, 5) is 43.2. The van der Waals surface area contributed by atoms with Crippen LogP contribution >= 0.6 is 27.7 Å². The second-order valence-corrected chi connectivity index (χ2v) is 15.1. The van der Waals surface area contributed by atoms with E-state index >= 15 is 0 Å². The highest BCUT2D eigenvalue weighted by molar-refractivity contribution is 9.09. The van der Waals surface area contributed by atoms with Crippen LogP contribution in [0.5, 0.6) is 0 Å². The first-order valence-corrected chi connectivity index (χ1v) is 14.8. The predicted molar refractivity (Wildman–Crippen MR) is 148 cm³/mol. The van der Waals surface area contributed by atoms with Crippen LogP contribution in [0.2, 0.25) is 0 Å². The molecule has 7 atom stereocenters. The van der Waals surface area contributed by atoms with Gasteiger partial charge in [-0.2, -0.15) is 0 Å². The second-order valence-electron chi connectivity index (χ2n) is 12.4. The maximum atomic E-state index is 14.3. The average molecular weight is 596 g/mol. The highest BCUT2D eigenvalue weighted by Crippen LogP contribution is 2.68. The van der Waals surface area contributed by atoms with Gasteiger partial charge in [-0.1, -0.05) is 67.0 Å². The number of nitrogens with one attached hydrogen (secondary N) is 1. The smallest absolute Gasteiger partial charge is 0.310 e. The first kappa shape index (κ1) is 28.4. The summed E-state index contributed by atoms with van der Waals surface area (Å²) in [6.07, 6.45) is 1.32. The van der Waals surface area contributed by atoms with E-state index in [1.165, 1.54) is 0 Å². The first-order chi connectivity index (χ1) is 17.3. The van der Waals surface area contributed by atoms with Crippen LogP contribution in [0.3, 0.4) is 0 Å². The SMILES string of the molecule is CCOC(=O)[C@H]1[C@@H]2SC3(CC2Br)C(C(=O)NC(C)(C)CC(C)(C)C)N([C@H](CO)c2ccccc2)C(=O)[C@H]13. The number of amides is 2. The Morgan fingerprint density at radius 3 is 2.46 bits per heavy atom. The monoisotopic (exact) mass is 594 g/mol. The van der Waals surface area contributed by atoms with Gasteiger partial charge in [-0.15, -0.1) is 11.8 Å². The van der Waals surface area contributed by atoms with Crippen LogP contribution in [0.4, 0.5) is 0 Å². The number of halogens is 1. The molecular weight excluding hydrogens is 556 g/mol. The maximum absolute atomic E-state index is 14.3. The van der Waals surface area contributed by atoms with Gasteiger partial charge in [-0.3, -0.25) is 14.4 Å². The van der Waals surface area contributed by atoms with E-state index in [0.717, 1.165) is 12.0 Å². The Morgan fingerprint density at radius 1 is 1.24 bits per heavy atom. The number of carbonyl (C=O) groups excluding carboxylic acids is 3. The summed E-state index contributed by atoms with van der Waals surface area (Å²) in [5, 5.41) is 13.6. The summed E-state index contributed by atoms with van der Waals surface area (Å²) in [5.74, 6) is -2.22. The Kier molecular flexibility index (Phi) is 7.83. The minimum absolute atomic E-state index is 0.0169. The number of aliphatic hydroxyl groups excluding tert-OH is 1. The second kappa shape index (κ2) is 10.2. The molecule has 3 aliphatic rings. The minimum atomic E-state index is -0.837. The van der Waals surface area contributed by atoms with E-state index in [1.807, 2.05) is 44.2 Å². The molecule has 2 bridgehead atoms. The Balaban J connectivity index is 1.80. The van der Waals surface area contributed by atoms with Crippen LogP contribution in [0.25, 0.3) is 0 Å². The summed E-state index contributed by atoms with van der Waals surface area (Å²) < 4.78 is 4.63. The molecule has 1 spiro atoms. The average Bonchev–Trinajstić information content (AvgIpc) is 3.37. The van der Waals surface area contributed by atoms with Crippen molar-refractivity contribution in [2.75, 3.05) is 13.2 Å². The van der Waals surface area contributed by atoms with Crippen molar-refractivity contribution in [1.82, 2.24) is 10.2 Å². The molecule has 0 aromatic heterocycles. The normalized spacial score (nSPS) is 31.8. The summed E-state index contributed by atoms with van der Waals surface area (Å²) in [5.41, 5.74) is 0.219. The number of fused-ring (bicyclic) bond motifs is 1. The van der Waals surface area contributed by atoms with Gasteiger partial charge in [0, 0.05) is 15.6 Å². The molecule has 0 saturated carbocycles. The molecule has 0 aliphatic carbocycles. The van der Waals surface area contributed by atoms with E-state index in [0.29, 0.717) is 6.42 Å². The third kappa shape index (κ3) is 5.08. The van der Waals surface area contributed by atoms with E-state index in [4.69, 9.17) is 4.74 Å². The van der Waals surface area contributed by atoms with Gasteiger partial charge < -0.3 is 20.1 Å². The topological polar surface area (TPSA) is 95.9 Å². The lowest BCUT2D eigenvalue weighted by Crippen LogP contribution is -2.59. The Bertz CT molecular complexity index is 1040. The Labute approximate surface area is 232 Å².